The van der Waals surface area contributed by atoms with E-state index in [9.17, 15) is 50.0 Å². The Balaban J connectivity index is 0.995. The molecule has 9 atom stereocenters. The summed E-state index contributed by atoms with van der Waals surface area (Å²) < 4.78 is 24.3. The van der Waals surface area contributed by atoms with Gasteiger partial charge < -0.3 is 18.9 Å². The molecular formula is C73H80Cl2N4O14. The van der Waals surface area contributed by atoms with Gasteiger partial charge in [0.1, 0.15) is 37.6 Å². The fraction of sp³-hybridized carbons (Fsp3) is 0.452. The zero-order valence-corrected chi connectivity index (χ0v) is 54.7. The predicted molar refractivity (Wildman–Crippen MR) is 355 cm³/mol. The number of fused-ring (bicyclic) bond motifs is 5. The molecule has 20 heteroatoms. The first-order valence-electron chi connectivity index (χ1n) is 32.4. The molecule has 0 bridgehead atoms. The molecule has 0 spiro atoms. The third-order valence-corrected chi connectivity index (χ3v) is 21.6. The van der Waals surface area contributed by atoms with E-state index in [0.717, 1.165) is 55.3 Å². The monoisotopic (exact) mass is 1310 g/mol. The van der Waals surface area contributed by atoms with E-state index in [1.807, 2.05) is 6.08 Å². The highest BCUT2D eigenvalue weighted by Gasteiger charge is 2.60. The van der Waals surface area contributed by atoms with E-state index in [-0.39, 0.29) is 87.3 Å². The maximum atomic E-state index is 14.6. The van der Waals surface area contributed by atoms with Crippen LogP contribution in [0, 0.1) is 98.6 Å². The van der Waals surface area contributed by atoms with Crippen LogP contribution in [0.4, 0.5) is 22.7 Å². The first-order valence-corrected chi connectivity index (χ1v) is 33.2. The van der Waals surface area contributed by atoms with Crippen molar-refractivity contribution < 1.29 is 48.2 Å². The van der Waals surface area contributed by atoms with Crippen LogP contribution in [0.15, 0.2) is 127 Å². The van der Waals surface area contributed by atoms with Crippen LogP contribution in [0.1, 0.15) is 179 Å². The number of carbonyl (C=O) groups excluding carboxylic acids is 2. The summed E-state index contributed by atoms with van der Waals surface area (Å²) in [5.74, 6) is 3.43. The minimum Gasteiger partial charge on any atom is -0.486 e. The fourth-order valence-electron chi connectivity index (χ4n) is 16.4. The second kappa shape index (κ2) is 29.4. The second-order valence-corrected chi connectivity index (χ2v) is 27.9. The number of nitro benzene ring substituents is 4. The van der Waals surface area contributed by atoms with Crippen LogP contribution in [0.5, 0.6) is 11.5 Å². The number of nitro groups is 4. The van der Waals surface area contributed by atoms with E-state index in [1.165, 1.54) is 143 Å². The first kappa shape index (κ1) is 67.7. The van der Waals surface area contributed by atoms with Crippen molar-refractivity contribution in [3.8, 4) is 11.5 Å². The molecule has 0 saturated heterocycles. The van der Waals surface area contributed by atoms with Crippen molar-refractivity contribution in [2.45, 2.75) is 151 Å². The average molecular weight is 1310 g/mol. The van der Waals surface area contributed by atoms with Gasteiger partial charge in [0.15, 0.2) is 11.5 Å². The quantitative estimate of drug-likeness (QED) is 0.0279. The predicted octanol–water partition coefficient (Wildman–Crippen LogP) is 19.4. The normalized spacial score (nSPS) is 22.5. The minimum absolute atomic E-state index is 0.0554. The Morgan fingerprint density at radius 3 is 1.47 bits per heavy atom. The number of non-ortho nitro benzene ring substituents is 4. The van der Waals surface area contributed by atoms with Gasteiger partial charge >= 0.3 is 11.9 Å². The zero-order valence-electron chi connectivity index (χ0n) is 53.2. The van der Waals surface area contributed by atoms with Crippen LogP contribution >= 0.6 is 23.2 Å². The van der Waals surface area contributed by atoms with E-state index in [0.29, 0.717) is 68.5 Å². The number of nitrogens with zero attached hydrogens (tertiary/aromatic N) is 4. The van der Waals surface area contributed by atoms with Crippen molar-refractivity contribution in [1.82, 2.24) is 0 Å². The molecule has 0 amide bonds. The first-order chi connectivity index (χ1) is 44.5. The Labute approximate surface area is 552 Å². The van der Waals surface area contributed by atoms with Gasteiger partial charge in [0.2, 0.25) is 0 Å². The number of allylic oxidation sites excluding steroid dienone is 1. The SMILES string of the molecule is CC(C)CCCC(C)C1CCC2C3CCC4CC(CCC=C(c5cc(Cl)c(OCc6cccc([N+](=O)[O-])c6)c(C(=O)OCc6cccc([N+](=O)[O-])c6)c5)c5cc(Cl)c(OCc6cccc([N+](=O)[O-])c6)c(C(=O)OCc6cccc([N+](=O)[O-])c6)c5)CCC4(C)C3CCC12C. The molecule has 0 heterocycles. The van der Waals surface area contributed by atoms with Crippen LogP contribution in [0.25, 0.3) is 5.57 Å². The van der Waals surface area contributed by atoms with Crippen molar-refractivity contribution in [2.24, 2.45) is 58.2 Å². The van der Waals surface area contributed by atoms with Gasteiger partial charge in [-0.05, 0) is 192 Å². The summed E-state index contributed by atoms with van der Waals surface area (Å²) in [7, 11) is 0. The molecule has 0 aliphatic heterocycles. The minimum atomic E-state index is -0.922. The molecule has 10 rings (SSSR count). The molecule has 0 aromatic heterocycles. The molecule has 6 aromatic rings. The lowest BCUT2D eigenvalue weighted by atomic mass is 9.44. The van der Waals surface area contributed by atoms with Gasteiger partial charge in [-0.15, -0.1) is 0 Å². The maximum absolute atomic E-state index is 14.6. The van der Waals surface area contributed by atoms with Gasteiger partial charge in [0, 0.05) is 48.5 Å². The van der Waals surface area contributed by atoms with Gasteiger partial charge in [0.25, 0.3) is 22.7 Å². The Bertz CT molecular complexity index is 3650. The van der Waals surface area contributed by atoms with E-state index in [1.54, 1.807) is 36.4 Å². The summed E-state index contributed by atoms with van der Waals surface area (Å²) in [6.07, 6.45) is 18.5. The van der Waals surface area contributed by atoms with Crippen molar-refractivity contribution in [2.75, 3.05) is 0 Å². The van der Waals surface area contributed by atoms with Gasteiger partial charge in [-0.1, -0.05) is 132 Å². The van der Waals surface area contributed by atoms with Crippen molar-refractivity contribution in [1.29, 1.82) is 0 Å². The van der Waals surface area contributed by atoms with Crippen LogP contribution in [-0.2, 0) is 35.9 Å². The molecule has 6 aromatic carbocycles. The van der Waals surface area contributed by atoms with Crippen molar-refractivity contribution >= 4 is 63.5 Å². The fourth-order valence-corrected chi connectivity index (χ4v) is 16.9. The Hall–Kier alpha value is -8.22. The third-order valence-electron chi connectivity index (χ3n) is 21.0. The molecule has 4 aliphatic carbocycles. The number of benzene rings is 6. The van der Waals surface area contributed by atoms with Crippen LogP contribution in [0.3, 0.4) is 0 Å². The van der Waals surface area contributed by atoms with Crippen LogP contribution < -0.4 is 9.47 Å². The molecule has 0 N–H and O–H groups in total. The largest absolute Gasteiger partial charge is 0.486 e. The van der Waals surface area contributed by atoms with Gasteiger partial charge in [0.05, 0.1) is 29.7 Å². The number of ether oxygens (including phenoxy) is 4. The maximum Gasteiger partial charge on any atom is 0.342 e. The molecule has 4 aliphatic rings. The number of hydrogen-bond acceptors (Lipinski definition) is 14. The van der Waals surface area contributed by atoms with E-state index >= 15 is 0 Å². The van der Waals surface area contributed by atoms with E-state index in [2.05, 4.69) is 34.6 Å². The lowest BCUT2D eigenvalue weighted by molar-refractivity contribution is -0.385. The summed E-state index contributed by atoms with van der Waals surface area (Å²) in [6, 6.07) is 29.1. The summed E-state index contributed by atoms with van der Waals surface area (Å²) in [5.41, 5.74) is 2.19. The molecule has 9 unspecified atom stereocenters. The summed E-state index contributed by atoms with van der Waals surface area (Å²) in [6.45, 7) is 11.2. The molecule has 4 saturated carbocycles. The summed E-state index contributed by atoms with van der Waals surface area (Å²) in [5, 5.41) is 46.9. The van der Waals surface area contributed by atoms with Crippen molar-refractivity contribution in [3.05, 3.63) is 222 Å². The number of halogens is 2. The summed E-state index contributed by atoms with van der Waals surface area (Å²) in [4.78, 5) is 74.1. The zero-order chi connectivity index (χ0) is 66.3. The van der Waals surface area contributed by atoms with E-state index in [4.69, 9.17) is 42.1 Å². The van der Waals surface area contributed by atoms with Gasteiger partial charge in [-0.2, -0.15) is 0 Å². The van der Waals surface area contributed by atoms with Crippen LogP contribution in [0.2, 0.25) is 10.0 Å². The summed E-state index contributed by atoms with van der Waals surface area (Å²) >= 11 is 14.5. The van der Waals surface area contributed by atoms with E-state index < -0.39 is 31.6 Å². The molecule has 93 heavy (non-hydrogen) atoms. The Morgan fingerprint density at radius 1 is 0.559 bits per heavy atom. The highest BCUT2D eigenvalue weighted by molar-refractivity contribution is 6.33. The van der Waals surface area contributed by atoms with Gasteiger partial charge in [-0.25, -0.2) is 9.59 Å². The smallest absolute Gasteiger partial charge is 0.342 e. The highest BCUT2D eigenvalue weighted by Crippen LogP contribution is 2.69. The van der Waals surface area contributed by atoms with Crippen LogP contribution in [-0.4, -0.2) is 31.6 Å². The molecule has 4 fully saturated rings. The lowest BCUT2D eigenvalue weighted by Gasteiger charge is -2.61. The highest BCUT2D eigenvalue weighted by atomic mass is 35.5. The number of esters is 2. The number of carbonyl (C=O) groups is 2. The lowest BCUT2D eigenvalue weighted by Crippen LogP contribution is -2.53. The molecule has 490 valence electrons. The Kier molecular flexibility index (Phi) is 21.4. The number of rotatable bonds is 26. The van der Waals surface area contributed by atoms with Crippen molar-refractivity contribution in [3.63, 3.8) is 0 Å². The Morgan fingerprint density at radius 2 is 1.01 bits per heavy atom. The molecule has 18 nitrogen and oxygen atoms in total. The molecular weight excluding hydrogens is 1230 g/mol. The third kappa shape index (κ3) is 15.6. The number of hydrogen-bond donors (Lipinski definition) is 0. The van der Waals surface area contributed by atoms with Gasteiger partial charge in [-0.3, -0.25) is 40.5 Å². The topological polar surface area (TPSA) is 244 Å². The standard InChI is InChI=1S/C73H80Cl2N4O14/c1-45(2)12-6-13-46(3)63-26-27-64-60-25-24-54-32-47(28-30-72(54,4)65(60)29-31-73(63,64)5)14-11-23-59(52-37-61(70(80)92-43-50-17-9-21-57(35-50)78(86)87)68(66(74)39-52)90-41-48-15-7-19-55(33-48)76(82)83)53-38-62(71(81)93-44-51-18-10-22-58(36-51)79(88)89)69(67(75)40-53)91-42-49-16-8-20-56(34-49)77(84)85/h7-10,15-23,33-40,45-47,54,60,63-65H,6,11-14,24-32,41-44H2,1-5H3. The average Bonchev–Trinajstić information content (AvgIpc) is 1.70. The molecule has 0 radical (unpaired) electrons. The second-order valence-electron chi connectivity index (χ2n) is 27.1.